The van der Waals surface area contributed by atoms with Crippen molar-refractivity contribution in [3.63, 3.8) is 0 Å². The van der Waals surface area contributed by atoms with Gasteiger partial charge in [-0.2, -0.15) is 0 Å². The summed E-state index contributed by atoms with van der Waals surface area (Å²) >= 11 is 0. The Morgan fingerprint density at radius 1 is 1.29 bits per heavy atom. The number of hydrogen-bond donors (Lipinski definition) is 1. The minimum absolute atomic E-state index is 0.281. The zero-order valence-corrected chi connectivity index (χ0v) is 11.0. The van der Waals surface area contributed by atoms with Crippen LogP contribution in [0.4, 0.5) is 0 Å². The molecule has 0 aliphatic rings. The van der Waals surface area contributed by atoms with Crippen LogP contribution in [0.15, 0.2) is 59.6 Å². The number of aromatic carboxylic acids is 1. The van der Waals surface area contributed by atoms with Crippen molar-refractivity contribution in [2.45, 2.75) is 6.54 Å². The molecule has 0 fully saturated rings. The van der Waals surface area contributed by atoms with Gasteiger partial charge in [0.1, 0.15) is 12.5 Å². The predicted molar refractivity (Wildman–Crippen MR) is 72.4 cm³/mol. The van der Waals surface area contributed by atoms with E-state index in [1.165, 1.54) is 6.26 Å². The summed E-state index contributed by atoms with van der Waals surface area (Å²) in [6, 6.07) is 8.70. The van der Waals surface area contributed by atoms with Crippen molar-refractivity contribution < 1.29 is 19.0 Å². The van der Waals surface area contributed by atoms with E-state index in [2.05, 4.69) is 10.1 Å². The highest BCUT2D eigenvalue weighted by atomic mass is 16.4. The molecule has 21 heavy (non-hydrogen) atoms. The average Bonchev–Trinajstić information content (AvgIpc) is 3.03. The standard InChI is InChI=1S/C15H11N3O3/c19-15(20)13-4-2-1-3-12(13)10-18-7-5-11(9-17-18)14-16-6-8-21-14/h1-9H,10H2/p+1. The highest BCUT2D eigenvalue weighted by molar-refractivity contribution is 5.89. The lowest BCUT2D eigenvalue weighted by atomic mass is 10.1. The summed E-state index contributed by atoms with van der Waals surface area (Å²) < 4.78 is 6.85. The van der Waals surface area contributed by atoms with Gasteiger partial charge < -0.3 is 9.52 Å². The van der Waals surface area contributed by atoms with Crippen molar-refractivity contribution >= 4 is 5.97 Å². The lowest BCUT2D eigenvalue weighted by Gasteiger charge is -2.01. The van der Waals surface area contributed by atoms with E-state index >= 15 is 0 Å². The summed E-state index contributed by atoms with van der Waals surface area (Å²) in [6.07, 6.45) is 6.46. The minimum atomic E-state index is -0.942. The minimum Gasteiger partial charge on any atom is -0.478 e. The van der Waals surface area contributed by atoms with Gasteiger partial charge in [0.15, 0.2) is 6.20 Å². The van der Waals surface area contributed by atoms with Crippen molar-refractivity contribution in [3.8, 4) is 11.5 Å². The second-order valence-electron chi connectivity index (χ2n) is 4.41. The van der Waals surface area contributed by atoms with Crippen LogP contribution in [-0.2, 0) is 6.54 Å². The lowest BCUT2D eigenvalue weighted by Crippen LogP contribution is -2.38. The van der Waals surface area contributed by atoms with Gasteiger partial charge in [-0.1, -0.05) is 22.9 Å². The molecule has 3 aromatic rings. The van der Waals surface area contributed by atoms with Crippen LogP contribution in [0.5, 0.6) is 0 Å². The van der Waals surface area contributed by atoms with Crippen molar-refractivity contribution in [2.24, 2.45) is 0 Å². The van der Waals surface area contributed by atoms with Crippen LogP contribution in [-0.4, -0.2) is 21.2 Å². The molecule has 6 nitrogen and oxygen atoms in total. The Hall–Kier alpha value is -3.02. The smallest absolute Gasteiger partial charge is 0.336 e. The molecular formula is C15H12N3O3+. The topological polar surface area (TPSA) is 80.1 Å². The van der Waals surface area contributed by atoms with Gasteiger partial charge in [-0.15, -0.1) is 0 Å². The Labute approximate surface area is 120 Å². The maximum Gasteiger partial charge on any atom is 0.336 e. The summed E-state index contributed by atoms with van der Waals surface area (Å²) in [5, 5.41) is 13.4. The Morgan fingerprint density at radius 3 is 2.81 bits per heavy atom. The molecule has 1 aromatic carbocycles. The van der Waals surface area contributed by atoms with Crippen LogP contribution in [0.1, 0.15) is 15.9 Å². The molecule has 3 rings (SSSR count). The summed E-state index contributed by atoms with van der Waals surface area (Å²) in [5.41, 5.74) is 1.75. The average molecular weight is 282 g/mol. The van der Waals surface area contributed by atoms with E-state index in [1.807, 2.05) is 12.1 Å². The Bertz CT molecular complexity index is 752. The molecule has 0 aliphatic heterocycles. The first kappa shape index (κ1) is 13.0. The van der Waals surface area contributed by atoms with E-state index in [-0.39, 0.29) is 5.56 Å². The molecule has 0 saturated heterocycles. The van der Waals surface area contributed by atoms with Crippen molar-refractivity contribution in [3.05, 3.63) is 66.3 Å². The highest BCUT2D eigenvalue weighted by Crippen LogP contribution is 2.13. The van der Waals surface area contributed by atoms with E-state index in [1.54, 1.807) is 41.5 Å². The Balaban J connectivity index is 1.84. The van der Waals surface area contributed by atoms with Crippen molar-refractivity contribution in [1.82, 2.24) is 10.1 Å². The van der Waals surface area contributed by atoms with Crippen molar-refractivity contribution in [2.75, 3.05) is 0 Å². The van der Waals surface area contributed by atoms with Gasteiger partial charge in [0.05, 0.1) is 17.3 Å². The largest absolute Gasteiger partial charge is 0.478 e. The normalized spacial score (nSPS) is 10.5. The van der Waals surface area contributed by atoms with Gasteiger partial charge >= 0.3 is 5.97 Å². The fourth-order valence-electron chi connectivity index (χ4n) is 2.01. The molecule has 0 saturated carbocycles. The summed E-state index contributed by atoms with van der Waals surface area (Å²) in [7, 11) is 0. The molecule has 2 aromatic heterocycles. The molecule has 2 heterocycles. The SMILES string of the molecule is O=C(O)c1ccccc1C[n+]1ccc(-c2ncco2)cn1. The molecule has 0 aliphatic carbocycles. The van der Waals surface area contributed by atoms with E-state index in [0.717, 1.165) is 5.56 Å². The lowest BCUT2D eigenvalue weighted by molar-refractivity contribution is -0.746. The second-order valence-corrected chi connectivity index (χ2v) is 4.41. The maximum absolute atomic E-state index is 11.2. The fourth-order valence-corrected chi connectivity index (χ4v) is 2.01. The Morgan fingerprint density at radius 2 is 2.14 bits per heavy atom. The molecule has 0 amide bonds. The molecule has 0 bridgehead atoms. The third-order valence-electron chi connectivity index (χ3n) is 3.03. The number of hydrogen-bond acceptors (Lipinski definition) is 4. The number of aromatic nitrogens is 3. The zero-order chi connectivity index (χ0) is 14.7. The Kier molecular flexibility index (Phi) is 3.42. The number of benzene rings is 1. The van der Waals surface area contributed by atoms with E-state index in [0.29, 0.717) is 18.0 Å². The van der Waals surface area contributed by atoms with Crippen LogP contribution >= 0.6 is 0 Å². The predicted octanol–water partition coefficient (Wildman–Crippen LogP) is 1.77. The first-order valence-electron chi connectivity index (χ1n) is 6.31. The highest BCUT2D eigenvalue weighted by Gasteiger charge is 2.14. The molecule has 104 valence electrons. The summed E-state index contributed by atoms with van der Waals surface area (Å²) in [6.45, 7) is 0.383. The number of rotatable bonds is 4. The van der Waals surface area contributed by atoms with Gasteiger partial charge in [0.25, 0.3) is 0 Å². The van der Waals surface area contributed by atoms with Crippen LogP contribution in [0.2, 0.25) is 0 Å². The third kappa shape index (κ3) is 2.79. The molecule has 0 atom stereocenters. The van der Waals surface area contributed by atoms with Gasteiger partial charge in [0, 0.05) is 11.6 Å². The molecule has 0 spiro atoms. The van der Waals surface area contributed by atoms with Gasteiger partial charge in [-0.05, 0) is 11.2 Å². The maximum atomic E-state index is 11.2. The molecule has 6 heteroatoms. The second kappa shape index (κ2) is 5.54. The zero-order valence-electron chi connectivity index (χ0n) is 11.0. The summed E-state index contributed by atoms with van der Waals surface area (Å²) in [5.74, 6) is -0.441. The van der Waals surface area contributed by atoms with Crippen LogP contribution in [0.25, 0.3) is 11.5 Å². The molecule has 1 N–H and O–H groups in total. The number of carboxylic acid groups (broad SMARTS) is 1. The number of nitrogens with zero attached hydrogens (tertiary/aromatic N) is 3. The first-order valence-corrected chi connectivity index (χ1v) is 6.31. The van der Waals surface area contributed by atoms with Crippen molar-refractivity contribution in [1.29, 1.82) is 0 Å². The van der Waals surface area contributed by atoms with Gasteiger partial charge in [-0.3, -0.25) is 0 Å². The molecule has 0 unspecified atom stereocenters. The number of carboxylic acids is 1. The van der Waals surface area contributed by atoms with Gasteiger partial charge in [0.2, 0.25) is 12.4 Å². The summed E-state index contributed by atoms with van der Waals surface area (Å²) in [4.78, 5) is 15.2. The van der Waals surface area contributed by atoms with Crippen LogP contribution in [0, 0.1) is 0 Å². The van der Waals surface area contributed by atoms with Crippen LogP contribution < -0.4 is 4.68 Å². The third-order valence-corrected chi connectivity index (χ3v) is 3.03. The van der Waals surface area contributed by atoms with E-state index in [9.17, 15) is 4.79 Å². The molecular weight excluding hydrogens is 270 g/mol. The monoisotopic (exact) mass is 282 g/mol. The first-order chi connectivity index (χ1) is 10.2. The van der Waals surface area contributed by atoms with Crippen LogP contribution in [0.3, 0.4) is 0 Å². The molecule has 0 radical (unpaired) electrons. The van der Waals surface area contributed by atoms with E-state index < -0.39 is 5.97 Å². The fraction of sp³-hybridized carbons (Fsp3) is 0.0667. The van der Waals surface area contributed by atoms with E-state index in [4.69, 9.17) is 9.52 Å². The van der Waals surface area contributed by atoms with Gasteiger partial charge in [-0.25, -0.2) is 9.78 Å². The number of carbonyl (C=O) groups is 1. The number of oxazole rings is 1. The quantitative estimate of drug-likeness (QED) is 0.738.